The molecule has 1 aliphatic heterocycles. The highest BCUT2D eigenvalue weighted by Crippen LogP contribution is 2.32. The van der Waals surface area contributed by atoms with E-state index in [2.05, 4.69) is 0 Å². The fraction of sp³-hybridized carbons (Fsp3) is 0.500. The number of aromatic carboxylic acids is 1. The number of ether oxygens (including phenoxy) is 1. The van der Waals surface area contributed by atoms with E-state index in [-0.39, 0.29) is 23.7 Å². The lowest BCUT2D eigenvalue weighted by molar-refractivity contribution is 0.0117. The number of hydrogen-bond acceptors (Lipinski definition) is 5. The first-order chi connectivity index (χ1) is 7.50. The predicted octanol–water partition coefficient (Wildman–Crippen LogP) is 0.0793. The highest BCUT2D eigenvalue weighted by Gasteiger charge is 2.38. The first-order valence-electron chi connectivity index (χ1n) is 4.82. The number of rotatable bonds is 2. The molecular formula is C10H12O6. The molecule has 6 nitrogen and oxygen atoms in total. The topological polar surface area (TPSA) is 100 Å². The van der Waals surface area contributed by atoms with Crippen LogP contribution in [-0.2, 0) is 4.74 Å². The quantitative estimate of drug-likeness (QED) is 0.662. The second kappa shape index (κ2) is 3.89. The maximum Gasteiger partial charge on any atom is 0.339 e. The van der Waals surface area contributed by atoms with Crippen molar-refractivity contribution in [2.75, 3.05) is 6.61 Å². The second-order valence-corrected chi connectivity index (χ2v) is 3.74. The Morgan fingerprint density at radius 1 is 1.50 bits per heavy atom. The summed E-state index contributed by atoms with van der Waals surface area (Å²) in [5.41, 5.74) is 0.0344. The minimum absolute atomic E-state index is 0.00792. The van der Waals surface area contributed by atoms with E-state index >= 15 is 0 Å². The summed E-state index contributed by atoms with van der Waals surface area (Å²) < 4.78 is 10.3. The Kier molecular flexibility index (Phi) is 2.71. The zero-order valence-corrected chi connectivity index (χ0v) is 8.58. The van der Waals surface area contributed by atoms with Gasteiger partial charge in [-0.1, -0.05) is 0 Å². The van der Waals surface area contributed by atoms with Gasteiger partial charge in [0.05, 0.1) is 6.61 Å². The maximum atomic E-state index is 10.8. The summed E-state index contributed by atoms with van der Waals surface area (Å²) in [5.74, 6) is -0.626. The van der Waals surface area contributed by atoms with Crippen molar-refractivity contribution in [1.29, 1.82) is 0 Å². The van der Waals surface area contributed by atoms with Gasteiger partial charge in [-0.2, -0.15) is 0 Å². The average molecular weight is 228 g/mol. The zero-order chi connectivity index (χ0) is 11.9. The molecule has 0 radical (unpaired) electrons. The lowest BCUT2D eigenvalue weighted by Crippen LogP contribution is -2.24. The number of aryl methyl sites for hydroxylation is 1. The molecule has 2 heterocycles. The van der Waals surface area contributed by atoms with Crippen LogP contribution in [0.4, 0.5) is 0 Å². The molecule has 88 valence electrons. The molecule has 1 fully saturated rings. The van der Waals surface area contributed by atoms with Gasteiger partial charge in [0.1, 0.15) is 35.4 Å². The average Bonchev–Trinajstić information content (AvgIpc) is 2.73. The van der Waals surface area contributed by atoms with Gasteiger partial charge in [0.15, 0.2) is 0 Å². The third kappa shape index (κ3) is 1.71. The second-order valence-electron chi connectivity index (χ2n) is 3.74. The van der Waals surface area contributed by atoms with Crippen LogP contribution in [-0.4, -0.2) is 40.1 Å². The number of aliphatic hydroxyl groups is 2. The lowest BCUT2D eigenvalue weighted by atomic mass is 10.1. The minimum atomic E-state index is -1.10. The molecule has 16 heavy (non-hydrogen) atoms. The van der Waals surface area contributed by atoms with Gasteiger partial charge in [0, 0.05) is 0 Å². The standard InChI is InChI=1S/C10H12O6/c1-4-5(10(13)14)2-7(16-4)9-8(12)6(11)3-15-9/h2,6,8-9,11-12H,3H2,1H3,(H,13,14)/t6-,8-,9+/m1/s1. The number of furan rings is 1. The minimum Gasteiger partial charge on any atom is -0.478 e. The van der Waals surface area contributed by atoms with E-state index in [1.807, 2.05) is 0 Å². The van der Waals surface area contributed by atoms with E-state index < -0.39 is 24.3 Å². The van der Waals surface area contributed by atoms with Crippen molar-refractivity contribution < 1.29 is 29.3 Å². The molecule has 3 atom stereocenters. The van der Waals surface area contributed by atoms with Crippen LogP contribution < -0.4 is 0 Å². The van der Waals surface area contributed by atoms with E-state index in [1.54, 1.807) is 0 Å². The number of hydrogen-bond donors (Lipinski definition) is 3. The Morgan fingerprint density at radius 3 is 2.62 bits per heavy atom. The Labute approximate surface area is 91.1 Å². The monoisotopic (exact) mass is 228 g/mol. The summed E-state index contributed by atoms with van der Waals surface area (Å²) in [6.45, 7) is 1.53. The summed E-state index contributed by atoms with van der Waals surface area (Å²) in [4.78, 5) is 10.8. The number of carboxylic acid groups (broad SMARTS) is 1. The molecule has 0 aromatic carbocycles. The van der Waals surface area contributed by atoms with Crippen LogP contribution in [0.2, 0.25) is 0 Å². The van der Waals surface area contributed by atoms with Crippen LogP contribution in [0.15, 0.2) is 10.5 Å². The molecule has 0 saturated carbocycles. The fourth-order valence-electron chi connectivity index (χ4n) is 1.71. The van der Waals surface area contributed by atoms with E-state index in [0.717, 1.165) is 0 Å². The maximum absolute atomic E-state index is 10.8. The van der Waals surface area contributed by atoms with E-state index in [1.165, 1.54) is 13.0 Å². The molecule has 0 aliphatic carbocycles. The number of carboxylic acids is 1. The summed E-state index contributed by atoms with van der Waals surface area (Å²) in [6.07, 6.45) is -2.86. The molecule has 0 amide bonds. The zero-order valence-electron chi connectivity index (χ0n) is 8.58. The molecular weight excluding hydrogens is 216 g/mol. The number of aliphatic hydroxyl groups excluding tert-OH is 2. The van der Waals surface area contributed by atoms with Gasteiger partial charge in [0.2, 0.25) is 0 Å². The van der Waals surface area contributed by atoms with Crippen molar-refractivity contribution in [3.05, 3.63) is 23.2 Å². The molecule has 0 bridgehead atoms. The summed E-state index contributed by atoms with van der Waals surface area (Å²) >= 11 is 0. The van der Waals surface area contributed by atoms with Gasteiger partial charge in [-0.25, -0.2) is 4.79 Å². The van der Waals surface area contributed by atoms with E-state index in [4.69, 9.17) is 14.3 Å². The SMILES string of the molecule is Cc1oc([C@@H]2OC[C@@H](O)[C@H]2O)cc1C(=O)O. The summed E-state index contributed by atoms with van der Waals surface area (Å²) in [5, 5.41) is 27.7. The van der Waals surface area contributed by atoms with Crippen LogP contribution in [0, 0.1) is 6.92 Å². The highest BCUT2D eigenvalue weighted by atomic mass is 16.5. The lowest BCUT2D eigenvalue weighted by Gasteiger charge is -2.11. The first-order valence-corrected chi connectivity index (χ1v) is 4.82. The van der Waals surface area contributed by atoms with Gasteiger partial charge >= 0.3 is 5.97 Å². The fourth-order valence-corrected chi connectivity index (χ4v) is 1.71. The van der Waals surface area contributed by atoms with Crippen LogP contribution in [0.5, 0.6) is 0 Å². The van der Waals surface area contributed by atoms with Gasteiger partial charge < -0.3 is 24.5 Å². The van der Waals surface area contributed by atoms with Crippen LogP contribution in [0.25, 0.3) is 0 Å². The number of carbonyl (C=O) groups is 1. The van der Waals surface area contributed by atoms with Crippen molar-refractivity contribution in [2.45, 2.75) is 25.2 Å². The van der Waals surface area contributed by atoms with Crippen molar-refractivity contribution >= 4 is 5.97 Å². The van der Waals surface area contributed by atoms with Crippen molar-refractivity contribution in [3.63, 3.8) is 0 Å². The van der Waals surface area contributed by atoms with Gasteiger partial charge in [-0.05, 0) is 13.0 Å². The summed E-state index contributed by atoms with van der Waals surface area (Å²) in [6, 6.07) is 1.31. The van der Waals surface area contributed by atoms with Crippen molar-refractivity contribution in [3.8, 4) is 0 Å². The Balaban J connectivity index is 2.28. The molecule has 1 saturated heterocycles. The van der Waals surface area contributed by atoms with Crippen molar-refractivity contribution in [1.82, 2.24) is 0 Å². The van der Waals surface area contributed by atoms with Gasteiger partial charge in [-0.3, -0.25) is 0 Å². The molecule has 0 unspecified atom stereocenters. The van der Waals surface area contributed by atoms with Crippen molar-refractivity contribution in [2.24, 2.45) is 0 Å². The van der Waals surface area contributed by atoms with Gasteiger partial charge in [-0.15, -0.1) is 0 Å². The van der Waals surface area contributed by atoms with Gasteiger partial charge in [0.25, 0.3) is 0 Å². The highest BCUT2D eigenvalue weighted by molar-refractivity contribution is 5.88. The van der Waals surface area contributed by atoms with Crippen LogP contribution in [0.3, 0.4) is 0 Å². The third-order valence-electron chi connectivity index (χ3n) is 2.60. The summed E-state index contributed by atoms with van der Waals surface area (Å²) in [7, 11) is 0. The van der Waals surface area contributed by atoms with E-state index in [9.17, 15) is 15.0 Å². The Hall–Kier alpha value is -1.37. The van der Waals surface area contributed by atoms with Crippen LogP contribution in [0.1, 0.15) is 28.0 Å². The molecule has 6 heteroatoms. The molecule has 1 aromatic rings. The molecule has 0 spiro atoms. The molecule has 1 aromatic heterocycles. The third-order valence-corrected chi connectivity index (χ3v) is 2.60. The Morgan fingerprint density at radius 2 is 2.19 bits per heavy atom. The van der Waals surface area contributed by atoms with E-state index in [0.29, 0.717) is 0 Å². The van der Waals surface area contributed by atoms with Crippen LogP contribution >= 0.6 is 0 Å². The predicted molar refractivity (Wildman–Crippen MR) is 51.1 cm³/mol. The largest absolute Gasteiger partial charge is 0.478 e. The normalized spacial score (nSPS) is 29.6. The molecule has 2 rings (SSSR count). The molecule has 3 N–H and O–H groups in total. The Bertz CT molecular complexity index is 409. The molecule has 1 aliphatic rings. The smallest absolute Gasteiger partial charge is 0.339 e. The first kappa shape index (κ1) is 11.1.